The van der Waals surface area contributed by atoms with Crippen LogP contribution < -0.4 is 10.1 Å². The van der Waals surface area contributed by atoms with Gasteiger partial charge in [0, 0.05) is 19.8 Å². The minimum Gasteiger partial charge on any atom is -0.497 e. The number of nitrogens with zero attached hydrogens (tertiary/aromatic N) is 3. The molecule has 1 N–H and O–H groups in total. The molecule has 9 heteroatoms. The molecule has 1 aromatic carbocycles. The molecule has 6 nitrogen and oxygen atoms in total. The maximum Gasteiger partial charge on any atom is 0.435 e. The summed E-state index contributed by atoms with van der Waals surface area (Å²) in [6.07, 6.45) is -1.49. The number of halogens is 3. The van der Waals surface area contributed by atoms with Gasteiger partial charge in [0.25, 0.3) is 5.91 Å². The third-order valence-corrected chi connectivity index (χ3v) is 4.86. The van der Waals surface area contributed by atoms with Crippen LogP contribution in [0.4, 0.5) is 13.2 Å². The summed E-state index contributed by atoms with van der Waals surface area (Å²) in [6.45, 7) is 1.94. The lowest BCUT2D eigenvalue weighted by Gasteiger charge is -2.28. The smallest absolute Gasteiger partial charge is 0.435 e. The maximum absolute atomic E-state index is 13.1. The molecule has 2 heterocycles. The molecule has 152 valence electrons. The Kier molecular flexibility index (Phi) is 5.93. The highest BCUT2D eigenvalue weighted by atomic mass is 19.4. The molecule has 0 saturated carbocycles. The molecule has 0 bridgehead atoms. The topological polar surface area (TPSA) is 59.4 Å². The number of aromatic nitrogens is 2. The molecule has 3 rings (SSSR count). The minimum absolute atomic E-state index is 0.146. The Labute approximate surface area is 161 Å². The first-order valence-electron chi connectivity index (χ1n) is 9.06. The van der Waals surface area contributed by atoms with E-state index < -0.39 is 23.3 Å². The number of alkyl halides is 3. The van der Waals surface area contributed by atoms with Crippen LogP contribution in [-0.4, -0.2) is 47.3 Å². The number of aryl methyl sites for hydroxylation is 1. The number of benzene rings is 1. The first kappa shape index (κ1) is 20.2. The fourth-order valence-corrected chi connectivity index (χ4v) is 3.51. The molecule has 1 aromatic heterocycles. The molecule has 1 aliphatic rings. The van der Waals surface area contributed by atoms with Gasteiger partial charge in [0.05, 0.1) is 18.7 Å². The van der Waals surface area contributed by atoms with Crippen LogP contribution >= 0.6 is 0 Å². The largest absolute Gasteiger partial charge is 0.497 e. The van der Waals surface area contributed by atoms with E-state index >= 15 is 0 Å². The lowest BCUT2D eigenvalue weighted by atomic mass is 10.0. The van der Waals surface area contributed by atoms with Crippen molar-refractivity contribution in [1.82, 2.24) is 20.0 Å². The number of nitrogens with one attached hydrogen (secondary N) is 1. The first-order valence-corrected chi connectivity index (χ1v) is 9.06. The van der Waals surface area contributed by atoms with E-state index in [1.807, 2.05) is 24.3 Å². The number of hydrogen-bond donors (Lipinski definition) is 1. The van der Waals surface area contributed by atoms with E-state index in [4.69, 9.17) is 4.74 Å². The molecule has 1 aliphatic heterocycles. The van der Waals surface area contributed by atoms with E-state index in [0.29, 0.717) is 5.75 Å². The molecular formula is C19H23F3N4O2. The number of carbonyl (C=O) groups is 1. The summed E-state index contributed by atoms with van der Waals surface area (Å²) in [5, 5.41) is 6.06. The number of amides is 1. The first-order chi connectivity index (χ1) is 13.3. The quantitative estimate of drug-likeness (QED) is 0.816. The van der Waals surface area contributed by atoms with Crippen LogP contribution in [0.5, 0.6) is 5.75 Å². The highest BCUT2D eigenvalue weighted by molar-refractivity contribution is 5.95. The van der Waals surface area contributed by atoms with Gasteiger partial charge >= 0.3 is 6.18 Å². The monoisotopic (exact) mass is 396 g/mol. The van der Waals surface area contributed by atoms with Crippen molar-refractivity contribution in [3.8, 4) is 5.75 Å². The van der Waals surface area contributed by atoms with Gasteiger partial charge in [-0.05, 0) is 43.6 Å². The standard InChI is InChI=1S/C19H23F3N4O2/c1-25-12-15(17(24-25)19(20,21)22)18(27)23-11-16(26-8-3-4-9-26)13-6-5-7-14(10-13)28-2/h5-7,10,12,16H,3-4,8-9,11H2,1-2H3,(H,23,27). The van der Waals surface area contributed by atoms with E-state index in [9.17, 15) is 18.0 Å². The van der Waals surface area contributed by atoms with E-state index in [2.05, 4.69) is 15.3 Å². The molecule has 28 heavy (non-hydrogen) atoms. The number of methoxy groups -OCH3 is 1. The fourth-order valence-electron chi connectivity index (χ4n) is 3.51. The van der Waals surface area contributed by atoms with Crippen LogP contribution in [0.25, 0.3) is 0 Å². The molecule has 1 amide bonds. The fraction of sp³-hybridized carbons (Fsp3) is 0.474. The predicted octanol–water partition coefficient (Wildman–Crippen LogP) is 3.01. The average molecular weight is 396 g/mol. The van der Waals surface area contributed by atoms with Crippen LogP contribution in [0.1, 0.15) is 40.5 Å². The third-order valence-electron chi connectivity index (χ3n) is 4.86. The summed E-state index contributed by atoms with van der Waals surface area (Å²) in [5.74, 6) is -0.0906. The summed E-state index contributed by atoms with van der Waals surface area (Å²) < 4.78 is 45.7. The second-order valence-electron chi connectivity index (χ2n) is 6.81. The van der Waals surface area contributed by atoms with Crippen LogP contribution in [0, 0.1) is 0 Å². The van der Waals surface area contributed by atoms with Crippen molar-refractivity contribution < 1.29 is 22.7 Å². The highest BCUT2D eigenvalue weighted by Gasteiger charge is 2.39. The van der Waals surface area contributed by atoms with Crippen LogP contribution in [0.15, 0.2) is 30.5 Å². The molecule has 0 aliphatic carbocycles. The average Bonchev–Trinajstić information content (AvgIpc) is 3.31. The summed E-state index contributed by atoms with van der Waals surface area (Å²) in [5.41, 5.74) is -0.698. The second kappa shape index (κ2) is 8.22. The molecule has 0 spiro atoms. The van der Waals surface area contributed by atoms with Gasteiger partial charge in [0.1, 0.15) is 5.75 Å². The lowest BCUT2D eigenvalue weighted by Crippen LogP contribution is -2.37. The van der Waals surface area contributed by atoms with Gasteiger partial charge in [-0.1, -0.05) is 12.1 Å². The van der Waals surface area contributed by atoms with Crippen molar-refractivity contribution in [2.75, 3.05) is 26.7 Å². The van der Waals surface area contributed by atoms with Gasteiger partial charge in [-0.15, -0.1) is 0 Å². The third kappa shape index (κ3) is 4.46. The van der Waals surface area contributed by atoms with Gasteiger partial charge in [0.15, 0.2) is 5.69 Å². The summed E-state index contributed by atoms with van der Waals surface area (Å²) in [7, 11) is 2.93. The molecule has 1 saturated heterocycles. The second-order valence-corrected chi connectivity index (χ2v) is 6.81. The number of ether oxygens (including phenoxy) is 1. The Balaban J connectivity index is 1.79. The highest BCUT2D eigenvalue weighted by Crippen LogP contribution is 2.31. The van der Waals surface area contributed by atoms with Crippen molar-refractivity contribution in [2.45, 2.75) is 25.1 Å². The lowest BCUT2D eigenvalue weighted by molar-refractivity contribution is -0.141. The number of likely N-dealkylation sites (tertiary alicyclic amines) is 1. The van der Waals surface area contributed by atoms with E-state index in [1.165, 1.54) is 7.05 Å². The van der Waals surface area contributed by atoms with Crippen molar-refractivity contribution in [3.05, 3.63) is 47.3 Å². The SMILES string of the molecule is COc1cccc(C(CNC(=O)c2cn(C)nc2C(F)(F)F)N2CCCC2)c1. The Hall–Kier alpha value is -2.55. The zero-order valence-electron chi connectivity index (χ0n) is 15.8. The van der Waals surface area contributed by atoms with Crippen LogP contribution in [0.3, 0.4) is 0 Å². The number of hydrogen-bond acceptors (Lipinski definition) is 4. The zero-order chi connectivity index (χ0) is 20.3. The Morgan fingerprint density at radius 3 is 2.68 bits per heavy atom. The Bertz CT molecular complexity index is 829. The number of rotatable bonds is 6. The van der Waals surface area contributed by atoms with E-state index in [1.54, 1.807) is 7.11 Å². The van der Waals surface area contributed by atoms with Crippen LogP contribution in [0.2, 0.25) is 0 Å². The van der Waals surface area contributed by atoms with Crippen molar-refractivity contribution in [1.29, 1.82) is 0 Å². The van der Waals surface area contributed by atoms with E-state index in [-0.39, 0.29) is 12.6 Å². The minimum atomic E-state index is -4.69. The molecule has 1 fully saturated rings. The van der Waals surface area contributed by atoms with E-state index in [0.717, 1.165) is 42.4 Å². The van der Waals surface area contributed by atoms with Gasteiger partial charge in [0.2, 0.25) is 0 Å². The van der Waals surface area contributed by atoms with Crippen molar-refractivity contribution >= 4 is 5.91 Å². The zero-order valence-corrected chi connectivity index (χ0v) is 15.8. The molecular weight excluding hydrogens is 373 g/mol. The summed E-state index contributed by atoms with van der Waals surface area (Å²) in [4.78, 5) is 14.7. The molecule has 2 aromatic rings. The summed E-state index contributed by atoms with van der Waals surface area (Å²) in [6, 6.07) is 7.37. The van der Waals surface area contributed by atoms with Crippen molar-refractivity contribution in [3.63, 3.8) is 0 Å². The summed E-state index contributed by atoms with van der Waals surface area (Å²) >= 11 is 0. The van der Waals surface area contributed by atoms with Gasteiger partial charge in [-0.2, -0.15) is 18.3 Å². The number of carbonyl (C=O) groups excluding carboxylic acids is 1. The Morgan fingerprint density at radius 2 is 2.04 bits per heavy atom. The normalized spacial score (nSPS) is 16.2. The maximum atomic E-state index is 13.1. The Morgan fingerprint density at radius 1 is 1.32 bits per heavy atom. The van der Waals surface area contributed by atoms with Gasteiger partial charge in [-0.25, -0.2) is 0 Å². The molecule has 1 atom stereocenters. The predicted molar refractivity (Wildman–Crippen MR) is 97.1 cm³/mol. The molecule has 0 radical (unpaired) electrons. The van der Waals surface area contributed by atoms with Crippen LogP contribution in [-0.2, 0) is 13.2 Å². The van der Waals surface area contributed by atoms with Crippen molar-refractivity contribution in [2.24, 2.45) is 7.05 Å². The molecule has 1 unspecified atom stereocenters. The van der Waals surface area contributed by atoms with Gasteiger partial charge < -0.3 is 10.1 Å². The van der Waals surface area contributed by atoms with Gasteiger partial charge in [-0.3, -0.25) is 14.4 Å².